The van der Waals surface area contributed by atoms with Gasteiger partial charge in [0, 0.05) is 5.56 Å². The van der Waals surface area contributed by atoms with E-state index in [9.17, 15) is 8.78 Å². The number of rotatable bonds is 4. The smallest absolute Gasteiger partial charge is 0.264 e. The van der Waals surface area contributed by atoms with Crippen molar-refractivity contribution in [3.8, 4) is 0 Å². The predicted molar refractivity (Wildman–Crippen MR) is 53.5 cm³/mol. The molecular formula is C11H15F2N. The topological polar surface area (TPSA) is 26.0 Å². The predicted octanol–water partition coefficient (Wildman–Crippen LogP) is 3.08. The minimum absolute atomic E-state index is 0.102. The van der Waals surface area contributed by atoms with Gasteiger partial charge in [0.1, 0.15) is 0 Å². The Morgan fingerprint density at radius 2 is 1.79 bits per heavy atom. The van der Waals surface area contributed by atoms with Crippen LogP contribution < -0.4 is 5.73 Å². The van der Waals surface area contributed by atoms with Crippen LogP contribution in [0.3, 0.4) is 0 Å². The Bertz CT molecular complexity index is 286. The Hall–Kier alpha value is -0.960. The Morgan fingerprint density at radius 1 is 1.21 bits per heavy atom. The Balaban J connectivity index is 2.94. The summed E-state index contributed by atoms with van der Waals surface area (Å²) in [5.41, 5.74) is 6.25. The number of hydrogen-bond donors (Lipinski definition) is 1. The van der Waals surface area contributed by atoms with Crippen LogP contribution in [0.1, 0.15) is 36.8 Å². The SMILES string of the molecule is CC(CCN)c1ccccc1C(F)F. The average molecular weight is 199 g/mol. The van der Waals surface area contributed by atoms with Gasteiger partial charge in [-0.25, -0.2) is 8.78 Å². The maximum absolute atomic E-state index is 12.6. The Kier molecular flexibility index (Phi) is 4.01. The van der Waals surface area contributed by atoms with Crippen molar-refractivity contribution in [2.75, 3.05) is 6.54 Å². The third-order valence-electron chi connectivity index (χ3n) is 2.36. The molecule has 0 aromatic heterocycles. The highest BCUT2D eigenvalue weighted by Gasteiger charge is 2.15. The number of nitrogens with two attached hydrogens (primary N) is 1. The van der Waals surface area contributed by atoms with E-state index in [0.29, 0.717) is 12.1 Å². The fraction of sp³-hybridized carbons (Fsp3) is 0.455. The van der Waals surface area contributed by atoms with E-state index in [2.05, 4.69) is 0 Å². The summed E-state index contributed by atoms with van der Waals surface area (Å²) in [6.07, 6.45) is -1.66. The lowest BCUT2D eigenvalue weighted by molar-refractivity contribution is 0.149. The molecule has 2 N–H and O–H groups in total. The monoisotopic (exact) mass is 199 g/mol. The van der Waals surface area contributed by atoms with E-state index in [4.69, 9.17) is 5.73 Å². The first kappa shape index (κ1) is 11.1. The molecule has 0 aliphatic rings. The van der Waals surface area contributed by atoms with Crippen LogP contribution in [-0.2, 0) is 0 Å². The van der Waals surface area contributed by atoms with Crippen LogP contribution in [0.2, 0.25) is 0 Å². The molecule has 14 heavy (non-hydrogen) atoms. The number of halogens is 2. The van der Waals surface area contributed by atoms with E-state index in [1.165, 1.54) is 6.07 Å². The van der Waals surface area contributed by atoms with Gasteiger partial charge in [0.15, 0.2) is 0 Å². The Labute approximate surface area is 82.9 Å². The first-order chi connectivity index (χ1) is 6.66. The summed E-state index contributed by atoms with van der Waals surface area (Å²) in [5.74, 6) is 0.102. The maximum Gasteiger partial charge on any atom is 0.264 e. The first-order valence-electron chi connectivity index (χ1n) is 4.73. The van der Waals surface area contributed by atoms with Crippen molar-refractivity contribution < 1.29 is 8.78 Å². The van der Waals surface area contributed by atoms with Gasteiger partial charge in [0.2, 0.25) is 0 Å². The van der Waals surface area contributed by atoms with Gasteiger partial charge in [-0.1, -0.05) is 31.2 Å². The molecule has 0 spiro atoms. The molecule has 1 rings (SSSR count). The molecule has 0 saturated heterocycles. The van der Waals surface area contributed by atoms with Crippen LogP contribution in [0.5, 0.6) is 0 Å². The van der Waals surface area contributed by atoms with Gasteiger partial charge in [-0.3, -0.25) is 0 Å². The quantitative estimate of drug-likeness (QED) is 0.792. The van der Waals surface area contributed by atoms with Gasteiger partial charge in [0.05, 0.1) is 0 Å². The molecule has 1 aromatic carbocycles. The zero-order valence-electron chi connectivity index (χ0n) is 8.21. The fourth-order valence-electron chi connectivity index (χ4n) is 1.56. The summed E-state index contributed by atoms with van der Waals surface area (Å²) in [6, 6.07) is 6.66. The van der Waals surface area contributed by atoms with Gasteiger partial charge >= 0.3 is 0 Å². The van der Waals surface area contributed by atoms with Crippen molar-refractivity contribution in [2.45, 2.75) is 25.7 Å². The standard InChI is InChI=1S/C11H15F2N/c1-8(6-7-14)9-4-2-3-5-10(9)11(12)13/h2-5,8,11H,6-7,14H2,1H3. The lowest BCUT2D eigenvalue weighted by Crippen LogP contribution is -2.06. The summed E-state index contributed by atoms with van der Waals surface area (Å²) >= 11 is 0. The zero-order valence-corrected chi connectivity index (χ0v) is 8.21. The molecule has 0 bridgehead atoms. The van der Waals surface area contributed by atoms with Crippen molar-refractivity contribution in [1.29, 1.82) is 0 Å². The second-order valence-electron chi connectivity index (χ2n) is 3.41. The maximum atomic E-state index is 12.6. The first-order valence-corrected chi connectivity index (χ1v) is 4.73. The molecule has 78 valence electrons. The fourth-order valence-corrected chi connectivity index (χ4v) is 1.56. The van der Waals surface area contributed by atoms with Gasteiger partial charge in [0.25, 0.3) is 6.43 Å². The van der Waals surface area contributed by atoms with Gasteiger partial charge in [-0.05, 0) is 24.4 Å². The number of hydrogen-bond acceptors (Lipinski definition) is 1. The molecule has 0 heterocycles. The molecule has 0 saturated carbocycles. The normalized spacial score (nSPS) is 13.2. The molecule has 3 heteroatoms. The minimum atomic E-state index is -2.40. The highest BCUT2D eigenvalue weighted by Crippen LogP contribution is 2.29. The molecule has 1 unspecified atom stereocenters. The highest BCUT2D eigenvalue weighted by molar-refractivity contribution is 5.30. The van der Waals surface area contributed by atoms with E-state index >= 15 is 0 Å². The van der Waals surface area contributed by atoms with Crippen molar-refractivity contribution in [1.82, 2.24) is 0 Å². The summed E-state index contributed by atoms with van der Waals surface area (Å²) < 4.78 is 25.2. The summed E-state index contributed by atoms with van der Waals surface area (Å²) in [4.78, 5) is 0. The van der Waals surface area contributed by atoms with E-state index in [1.54, 1.807) is 18.2 Å². The van der Waals surface area contributed by atoms with Crippen LogP contribution in [0.25, 0.3) is 0 Å². The minimum Gasteiger partial charge on any atom is -0.330 e. The van der Waals surface area contributed by atoms with Gasteiger partial charge in [-0.2, -0.15) is 0 Å². The molecule has 1 nitrogen and oxygen atoms in total. The van der Waals surface area contributed by atoms with Crippen molar-refractivity contribution in [3.05, 3.63) is 35.4 Å². The van der Waals surface area contributed by atoms with Crippen molar-refractivity contribution in [3.63, 3.8) is 0 Å². The lowest BCUT2D eigenvalue weighted by atomic mass is 9.93. The molecule has 0 aliphatic carbocycles. The Morgan fingerprint density at radius 3 is 2.29 bits per heavy atom. The van der Waals surface area contributed by atoms with Crippen molar-refractivity contribution in [2.24, 2.45) is 5.73 Å². The second-order valence-corrected chi connectivity index (χ2v) is 3.41. The van der Waals surface area contributed by atoms with E-state index in [-0.39, 0.29) is 11.5 Å². The van der Waals surface area contributed by atoms with Crippen LogP contribution in [0.15, 0.2) is 24.3 Å². The second kappa shape index (κ2) is 5.05. The van der Waals surface area contributed by atoms with E-state index in [0.717, 1.165) is 6.42 Å². The molecular weight excluding hydrogens is 184 g/mol. The number of alkyl halides is 2. The van der Waals surface area contributed by atoms with Gasteiger partial charge in [-0.15, -0.1) is 0 Å². The van der Waals surface area contributed by atoms with Crippen LogP contribution >= 0.6 is 0 Å². The van der Waals surface area contributed by atoms with Crippen LogP contribution in [0.4, 0.5) is 8.78 Å². The molecule has 1 atom stereocenters. The molecule has 0 amide bonds. The number of benzene rings is 1. The van der Waals surface area contributed by atoms with Gasteiger partial charge < -0.3 is 5.73 Å². The summed E-state index contributed by atoms with van der Waals surface area (Å²) in [6.45, 7) is 2.45. The average Bonchev–Trinajstić information content (AvgIpc) is 2.18. The zero-order chi connectivity index (χ0) is 10.6. The third-order valence-corrected chi connectivity index (χ3v) is 2.36. The van der Waals surface area contributed by atoms with Crippen LogP contribution in [-0.4, -0.2) is 6.54 Å². The van der Waals surface area contributed by atoms with Crippen molar-refractivity contribution >= 4 is 0 Å². The molecule has 0 fully saturated rings. The largest absolute Gasteiger partial charge is 0.330 e. The van der Waals surface area contributed by atoms with E-state index in [1.807, 2.05) is 6.92 Å². The lowest BCUT2D eigenvalue weighted by Gasteiger charge is -2.14. The molecule has 0 radical (unpaired) electrons. The van der Waals surface area contributed by atoms with E-state index < -0.39 is 6.43 Å². The highest BCUT2D eigenvalue weighted by atomic mass is 19.3. The third kappa shape index (κ3) is 2.51. The molecule has 0 aliphatic heterocycles. The summed E-state index contributed by atoms with van der Waals surface area (Å²) in [7, 11) is 0. The molecule has 1 aromatic rings. The summed E-state index contributed by atoms with van der Waals surface area (Å²) in [5, 5.41) is 0. The van der Waals surface area contributed by atoms with Crippen LogP contribution in [0, 0.1) is 0 Å².